The molecule has 0 atom stereocenters. The lowest BCUT2D eigenvalue weighted by Crippen LogP contribution is -2.45. The van der Waals surface area contributed by atoms with E-state index in [0.29, 0.717) is 0 Å². The van der Waals surface area contributed by atoms with Gasteiger partial charge in [0, 0.05) is 45.8 Å². The van der Waals surface area contributed by atoms with Crippen molar-refractivity contribution in [2.45, 2.75) is 6.54 Å². The molecule has 20 heavy (non-hydrogen) atoms. The summed E-state index contributed by atoms with van der Waals surface area (Å²) in [6.45, 7) is 7.77. The summed E-state index contributed by atoms with van der Waals surface area (Å²) < 4.78 is 0. The average Bonchev–Trinajstić information content (AvgIpc) is 2.53. The maximum Gasteiger partial charge on any atom is 0.0212 e. The largest absolute Gasteiger partial charge is 0.314 e. The van der Waals surface area contributed by atoms with Gasteiger partial charge in [0.15, 0.2) is 0 Å². The Balaban J connectivity index is 1.52. The van der Waals surface area contributed by atoms with Crippen molar-refractivity contribution in [1.29, 1.82) is 0 Å². The Morgan fingerprint density at radius 2 is 1.80 bits per heavy atom. The molecule has 2 aromatic carbocycles. The summed E-state index contributed by atoms with van der Waals surface area (Å²) in [6, 6.07) is 15.2. The molecule has 1 aliphatic heterocycles. The molecule has 3 heteroatoms. The molecule has 1 heterocycles. The lowest BCUT2D eigenvalue weighted by atomic mass is 10.0. The third-order valence-corrected chi connectivity index (χ3v) is 4.01. The molecule has 0 aromatic heterocycles. The molecule has 1 fully saturated rings. The van der Waals surface area contributed by atoms with Gasteiger partial charge in [-0.1, -0.05) is 42.5 Å². The molecule has 0 saturated carbocycles. The normalized spacial score (nSPS) is 16.6. The maximum absolute atomic E-state index is 3.58. The topological polar surface area (TPSA) is 27.3 Å². The van der Waals surface area contributed by atoms with Crippen molar-refractivity contribution in [2.75, 3.05) is 39.3 Å². The van der Waals surface area contributed by atoms with Gasteiger partial charge in [0.25, 0.3) is 0 Å². The van der Waals surface area contributed by atoms with E-state index in [1.807, 2.05) is 0 Å². The van der Waals surface area contributed by atoms with Crippen LogP contribution in [-0.2, 0) is 6.54 Å². The summed E-state index contributed by atoms with van der Waals surface area (Å²) in [7, 11) is 0. The summed E-state index contributed by atoms with van der Waals surface area (Å²) in [4.78, 5) is 2.52. The molecule has 3 rings (SSSR count). The van der Waals surface area contributed by atoms with Crippen molar-refractivity contribution in [2.24, 2.45) is 0 Å². The number of piperazine rings is 1. The van der Waals surface area contributed by atoms with Crippen LogP contribution in [0.5, 0.6) is 0 Å². The van der Waals surface area contributed by atoms with Gasteiger partial charge in [-0.3, -0.25) is 4.90 Å². The molecular weight excluding hydrogens is 246 g/mol. The smallest absolute Gasteiger partial charge is 0.0212 e. The van der Waals surface area contributed by atoms with Crippen LogP contribution in [-0.4, -0.2) is 44.2 Å². The van der Waals surface area contributed by atoms with Gasteiger partial charge in [-0.05, 0) is 16.3 Å². The maximum atomic E-state index is 3.58. The van der Waals surface area contributed by atoms with Crippen LogP contribution in [0.4, 0.5) is 0 Å². The van der Waals surface area contributed by atoms with E-state index in [9.17, 15) is 0 Å². The quantitative estimate of drug-likeness (QED) is 0.811. The number of nitrogens with one attached hydrogen (secondary N) is 2. The Morgan fingerprint density at radius 3 is 2.70 bits per heavy atom. The summed E-state index contributed by atoms with van der Waals surface area (Å²) in [5.41, 5.74) is 1.39. The SMILES string of the molecule is c1ccc2c(CNCCN3CCNCC3)cccc2c1. The molecule has 3 nitrogen and oxygen atoms in total. The highest BCUT2D eigenvalue weighted by atomic mass is 15.2. The first-order chi connectivity index (χ1) is 9.93. The predicted octanol–water partition coefficient (Wildman–Crippen LogP) is 1.83. The second kappa shape index (κ2) is 6.84. The zero-order valence-corrected chi connectivity index (χ0v) is 11.9. The predicted molar refractivity (Wildman–Crippen MR) is 85.0 cm³/mol. The molecule has 106 valence electrons. The van der Waals surface area contributed by atoms with Crippen LogP contribution < -0.4 is 10.6 Å². The van der Waals surface area contributed by atoms with Crippen LogP contribution >= 0.6 is 0 Å². The van der Waals surface area contributed by atoms with Gasteiger partial charge in [0.2, 0.25) is 0 Å². The standard InChI is InChI=1S/C17H23N3/c1-2-7-17-15(4-1)5-3-6-16(17)14-19-10-13-20-11-8-18-9-12-20/h1-7,18-19H,8-14H2. The van der Waals surface area contributed by atoms with Gasteiger partial charge < -0.3 is 10.6 Å². The zero-order chi connectivity index (χ0) is 13.6. The summed E-state index contributed by atoms with van der Waals surface area (Å²) in [5.74, 6) is 0. The number of rotatable bonds is 5. The lowest BCUT2D eigenvalue weighted by Gasteiger charge is -2.27. The fraction of sp³-hybridized carbons (Fsp3) is 0.412. The first-order valence-electron chi connectivity index (χ1n) is 7.54. The van der Waals surface area contributed by atoms with Crippen LogP contribution in [0.3, 0.4) is 0 Å². The first-order valence-corrected chi connectivity index (χ1v) is 7.54. The van der Waals surface area contributed by atoms with E-state index >= 15 is 0 Å². The second-order valence-electron chi connectivity index (χ2n) is 5.41. The Labute approximate surface area is 121 Å². The van der Waals surface area contributed by atoms with E-state index in [4.69, 9.17) is 0 Å². The lowest BCUT2D eigenvalue weighted by molar-refractivity contribution is 0.241. The minimum atomic E-state index is 0.952. The van der Waals surface area contributed by atoms with E-state index in [0.717, 1.165) is 32.7 Å². The number of fused-ring (bicyclic) bond motifs is 1. The molecule has 2 aromatic rings. The highest BCUT2D eigenvalue weighted by Crippen LogP contribution is 2.17. The molecule has 1 aliphatic rings. The number of hydrogen-bond acceptors (Lipinski definition) is 3. The van der Waals surface area contributed by atoms with Crippen LogP contribution in [0.15, 0.2) is 42.5 Å². The molecule has 0 aliphatic carbocycles. The van der Waals surface area contributed by atoms with Gasteiger partial charge in [0.1, 0.15) is 0 Å². The van der Waals surface area contributed by atoms with Crippen molar-refractivity contribution in [1.82, 2.24) is 15.5 Å². The fourth-order valence-corrected chi connectivity index (χ4v) is 2.84. The van der Waals surface area contributed by atoms with E-state index < -0.39 is 0 Å². The highest BCUT2D eigenvalue weighted by molar-refractivity contribution is 5.85. The summed E-state index contributed by atoms with van der Waals surface area (Å²) >= 11 is 0. The number of nitrogens with zero attached hydrogens (tertiary/aromatic N) is 1. The van der Waals surface area contributed by atoms with E-state index in [2.05, 4.69) is 58.0 Å². The average molecular weight is 269 g/mol. The van der Waals surface area contributed by atoms with Gasteiger partial charge in [-0.25, -0.2) is 0 Å². The molecule has 0 bridgehead atoms. The Kier molecular flexibility index (Phi) is 4.64. The van der Waals surface area contributed by atoms with Gasteiger partial charge >= 0.3 is 0 Å². The van der Waals surface area contributed by atoms with Crippen molar-refractivity contribution in [3.63, 3.8) is 0 Å². The second-order valence-corrected chi connectivity index (χ2v) is 5.41. The Hall–Kier alpha value is -1.42. The Morgan fingerprint density at radius 1 is 1.00 bits per heavy atom. The molecular formula is C17H23N3. The molecule has 0 spiro atoms. The van der Waals surface area contributed by atoms with Crippen LogP contribution in [0.25, 0.3) is 10.8 Å². The highest BCUT2D eigenvalue weighted by Gasteiger charge is 2.08. The first kappa shape index (κ1) is 13.6. The third kappa shape index (κ3) is 3.37. The minimum absolute atomic E-state index is 0.952. The fourth-order valence-electron chi connectivity index (χ4n) is 2.84. The van der Waals surface area contributed by atoms with E-state index in [-0.39, 0.29) is 0 Å². The van der Waals surface area contributed by atoms with Crippen molar-refractivity contribution in [3.8, 4) is 0 Å². The van der Waals surface area contributed by atoms with Gasteiger partial charge in [-0.2, -0.15) is 0 Å². The van der Waals surface area contributed by atoms with Crippen LogP contribution in [0, 0.1) is 0 Å². The van der Waals surface area contributed by atoms with Crippen molar-refractivity contribution >= 4 is 10.8 Å². The van der Waals surface area contributed by atoms with E-state index in [1.165, 1.54) is 29.4 Å². The molecule has 0 unspecified atom stereocenters. The molecule has 1 saturated heterocycles. The van der Waals surface area contributed by atoms with Gasteiger partial charge in [0.05, 0.1) is 0 Å². The van der Waals surface area contributed by atoms with Crippen LogP contribution in [0.2, 0.25) is 0 Å². The Bertz CT molecular complexity index is 541. The molecule has 0 radical (unpaired) electrons. The number of hydrogen-bond donors (Lipinski definition) is 2. The molecule has 0 amide bonds. The van der Waals surface area contributed by atoms with Crippen LogP contribution in [0.1, 0.15) is 5.56 Å². The van der Waals surface area contributed by atoms with Crippen molar-refractivity contribution < 1.29 is 0 Å². The van der Waals surface area contributed by atoms with E-state index in [1.54, 1.807) is 0 Å². The monoisotopic (exact) mass is 269 g/mol. The van der Waals surface area contributed by atoms with Crippen molar-refractivity contribution in [3.05, 3.63) is 48.0 Å². The van der Waals surface area contributed by atoms with Gasteiger partial charge in [-0.15, -0.1) is 0 Å². The third-order valence-electron chi connectivity index (χ3n) is 4.01. The number of benzene rings is 2. The minimum Gasteiger partial charge on any atom is -0.314 e. The molecule has 2 N–H and O–H groups in total. The summed E-state index contributed by atoms with van der Waals surface area (Å²) in [6.07, 6.45) is 0. The summed E-state index contributed by atoms with van der Waals surface area (Å²) in [5, 5.41) is 9.66. The zero-order valence-electron chi connectivity index (χ0n) is 11.9.